The number of likely N-dealkylation sites (N-methyl/N-ethyl adjacent to an activating group) is 1. The van der Waals surface area contributed by atoms with Gasteiger partial charge in [-0.25, -0.2) is 4.39 Å². The molecule has 19 heavy (non-hydrogen) atoms. The lowest BCUT2D eigenvalue weighted by Gasteiger charge is -2.16. The van der Waals surface area contributed by atoms with Crippen LogP contribution < -0.4 is 5.32 Å². The molecular weight excluding hydrogens is 286 g/mol. The molecule has 0 spiro atoms. The van der Waals surface area contributed by atoms with Crippen molar-refractivity contribution in [2.24, 2.45) is 0 Å². The van der Waals surface area contributed by atoms with E-state index in [2.05, 4.69) is 10.3 Å². The molecule has 0 bridgehead atoms. The molecule has 1 atom stereocenters. The number of rotatable bonds is 4. The van der Waals surface area contributed by atoms with Gasteiger partial charge in [0.1, 0.15) is 5.82 Å². The molecule has 1 aromatic heterocycles. The maximum atomic E-state index is 13.9. The second-order valence-electron chi connectivity index (χ2n) is 4.16. The van der Waals surface area contributed by atoms with Gasteiger partial charge in [-0.15, -0.1) is 0 Å². The van der Waals surface area contributed by atoms with Crippen LogP contribution in [0.15, 0.2) is 36.5 Å². The fraction of sp³-hybridized carbons (Fsp3) is 0.214. The second-order valence-corrected chi connectivity index (χ2v) is 5.00. The third-order valence-electron chi connectivity index (χ3n) is 2.91. The van der Waals surface area contributed by atoms with Gasteiger partial charge in [0.15, 0.2) is 0 Å². The van der Waals surface area contributed by atoms with Crippen molar-refractivity contribution in [3.8, 4) is 0 Å². The van der Waals surface area contributed by atoms with E-state index < -0.39 is 0 Å². The number of aromatic nitrogens is 1. The molecular formula is C14H13Cl2FN2. The summed E-state index contributed by atoms with van der Waals surface area (Å²) in [6.07, 6.45) is 2.05. The molecule has 0 amide bonds. The monoisotopic (exact) mass is 298 g/mol. The van der Waals surface area contributed by atoms with Crippen LogP contribution in [0, 0.1) is 5.82 Å². The van der Waals surface area contributed by atoms with Crippen molar-refractivity contribution >= 4 is 23.2 Å². The zero-order valence-corrected chi connectivity index (χ0v) is 11.8. The van der Waals surface area contributed by atoms with Gasteiger partial charge in [0.05, 0.1) is 21.8 Å². The van der Waals surface area contributed by atoms with Crippen LogP contribution in [0.3, 0.4) is 0 Å². The molecule has 0 aliphatic heterocycles. The molecule has 1 unspecified atom stereocenters. The van der Waals surface area contributed by atoms with E-state index in [1.54, 1.807) is 24.4 Å². The highest BCUT2D eigenvalue weighted by molar-refractivity contribution is 6.30. The highest BCUT2D eigenvalue weighted by Gasteiger charge is 2.15. The molecule has 2 nitrogen and oxygen atoms in total. The SMILES string of the molecule is CNC(Cc1cccc(Cl)c1F)c1ccc(Cl)cn1. The highest BCUT2D eigenvalue weighted by Crippen LogP contribution is 2.23. The molecule has 1 heterocycles. The van der Waals surface area contributed by atoms with Crippen LogP contribution in [-0.2, 0) is 6.42 Å². The Bertz CT molecular complexity index is 558. The van der Waals surface area contributed by atoms with Gasteiger partial charge in [0.25, 0.3) is 0 Å². The first-order valence-electron chi connectivity index (χ1n) is 5.83. The number of hydrogen-bond acceptors (Lipinski definition) is 2. The van der Waals surface area contributed by atoms with Crippen molar-refractivity contribution in [3.05, 3.63) is 63.6 Å². The van der Waals surface area contributed by atoms with Crippen LogP contribution in [0.2, 0.25) is 10.0 Å². The lowest BCUT2D eigenvalue weighted by atomic mass is 10.0. The van der Waals surface area contributed by atoms with Crippen LogP contribution in [0.1, 0.15) is 17.3 Å². The summed E-state index contributed by atoms with van der Waals surface area (Å²) in [5, 5.41) is 3.83. The van der Waals surface area contributed by atoms with E-state index in [9.17, 15) is 4.39 Å². The van der Waals surface area contributed by atoms with Crippen LogP contribution in [0.5, 0.6) is 0 Å². The number of hydrogen-bond donors (Lipinski definition) is 1. The van der Waals surface area contributed by atoms with Crippen molar-refractivity contribution < 1.29 is 4.39 Å². The van der Waals surface area contributed by atoms with E-state index >= 15 is 0 Å². The third-order valence-corrected chi connectivity index (χ3v) is 3.43. The number of halogens is 3. The summed E-state index contributed by atoms with van der Waals surface area (Å²) in [7, 11) is 1.81. The van der Waals surface area contributed by atoms with Crippen molar-refractivity contribution in [1.29, 1.82) is 0 Å². The van der Waals surface area contributed by atoms with E-state index in [0.717, 1.165) is 5.69 Å². The Balaban J connectivity index is 2.24. The van der Waals surface area contributed by atoms with Gasteiger partial charge < -0.3 is 5.32 Å². The zero-order valence-electron chi connectivity index (χ0n) is 10.3. The fourth-order valence-electron chi connectivity index (χ4n) is 1.87. The fourth-order valence-corrected chi connectivity index (χ4v) is 2.18. The Morgan fingerprint density at radius 3 is 2.68 bits per heavy atom. The molecule has 0 aliphatic rings. The molecule has 0 aliphatic carbocycles. The average Bonchev–Trinajstić information content (AvgIpc) is 2.42. The minimum atomic E-state index is -0.376. The van der Waals surface area contributed by atoms with E-state index in [1.807, 2.05) is 13.1 Å². The lowest BCUT2D eigenvalue weighted by molar-refractivity contribution is 0.545. The molecule has 2 aromatic rings. The molecule has 0 saturated carbocycles. The van der Waals surface area contributed by atoms with Gasteiger partial charge in [0, 0.05) is 6.20 Å². The molecule has 0 fully saturated rings. The van der Waals surface area contributed by atoms with Crippen molar-refractivity contribution in [1.82, 2.24) is 10.3 Å². The Morgan fingerprint density at radius 1 is 1.26 bits per heavy atom. The average molecular weight is 299 g/mol. The molecule has 1 N–H and O–H groups in total. The molecule has 2 rings (SSSR count). The summed E-state index contributed by atoms with van der Waals surface area (Å²) >= 11 is 11.6. The maximum Gasteiger partial charge on any atom is 0.145 e. The van der Waals surface area contributed by atoms with Crippen LogP contribution in [0.25, 0.3) is 0 Å². The molecule has 0 radical (unpaired) electrons. The van der Waals surface area contributed by atoms with E-state index in [0.29, 0.717) is 17.0 Å². The second kappa shape index (κ2) is 6.33. The Labute approximate surface area is 121 Å². The summed E-state index contributed by atoms with van der Waals surface area (Å²) in [6, 6.07) is 8.50. The zero-order chi connectivity index (χ0) is 13.8. The first-order chi connectivity index (χ1) is 9.11. The molecule has 5 heteroatoms. The third kappa shape index (κ3) is 3.44. The number of nitrogens with one attached hydrogen (secondary N) is 1. The normalized spacial score (nSPS) is 12.4. The molecule has 0 saturated heterocycles. The Morgan fingerprint density at radius 2 is 2.05 bits per heavy atom. The van der Waals surface area contributed by atoms with E-state index in [-0.39, 0.29) is 16.9 Å². The first-order valence-corrected chi connectivity index (χ1v) is 6.59. The van der Waals surface area contributed by atoms with Crippen molar-refractivity contribution in [2.75, 3.05) is 7.05 Å². The van der Waals surface area contributed by atoms with E-state index in [1.165, 1.54) is 6.07 Å². The lowest BCUT2D eigenvalue weighted by Crippen LogP contribution is -2.20. The standard InChI is InChI=1S/C14H13Cl2FN2/c1-18-13(12-6-5-10(15)8-19-12)7-9-3-2-4-11(16)14(9)17/h2-6,8,13,18H,7H2,1H3. The molecule has 100 valence electrons. The van der Waals surface area contributed by atoms with Crippen LogP contribution in [-0.4, -0.2) is 12.0 Å². The molecule has 1 aromatic carbocycles. The van der Waals surface area contributed by atoms with Gasteiger partial charge in [-0.05, 0) is 37.2 Å². The van der Waals surface area contributed by atoms with Gasteiger partial charge in [-0.3, -0.25) is 4.98 Å². The minimum absolute atomic E-state index is 0.0924. The predicted octanol–water partition coefficient (Wildman–Crippen LogP) is 4.03. The quantitative estimate of drug-likeness (QED) is 0.922. The number of pyridine rings is 1. The van der Waals surface area contributed by atoms with Gasteiger partial charge in [-0.1, -0.05) is 35.3 Å². The predicted molar refractivity (Wildman–Crippen MR) is 76.2 cm³/mol. The maximum absolute atomic E-state index is 13.9. The number of benzene rings is 1. The van der Waals surface area contributed by atoms with Crippen molar-refractivity contribution in [3.63, 3.8) is 0 Å². The summed E-state index contributed by atoms with van der Waals surface area (Å²) in [5.41, 5.74) is 1.37. The Hall–Kier alpha value is -1.16. The van der Waals surface area contributed by atoms with Crippen LogP contribution >= 0.6 is 23.2 Å². The van der Waals surface area contributed by atoms with Gasteiger partial charge >= 0.3 is 0 Å². The highest BCUT2D eigenvalue weighted by atomic mass is 35.5. The summed E-state index contributed by atoms with van der Waals surface area (Å²) < 4.78 is 13.9. The minimum Gasteiger partial charge on any atom is -0.311 e. The smallest absolute Gasteiger partial charge is 0.145 e. The summed E-state index contributed by atoms with van der Waals surface area (Å²) in [6.45, 7) is 0. The van der Waals surface area contributed by atoms with Gasteiger partial charge in [0.2, 0.25) is 0 Å². The summed E-state index contributed by atoms with van der Waals surface area (Å²) in [5.74, 6) is -0.376. The van der Waals surface area contributed by atoms with Gasteiger partial charge in [-0.2, -0.15) is 0 Å². The van der Waals surface area contributed by atoms with Crippen molar-refractivity contribution in [2.45, 2.75) is 12.5 Å². The largest absolute Gasteiger partial charge is 0.311 e. The van der Waals surface area contributed by atoms with Crippen LogP contribution in [0.4, 0.5) is 4.39 Å². The van der Waals surface area contributed by atoms with E-state index in [4.69, 9.17) is 23.2 Å². The first kappa shape index (κ1) is 14.3. The summed E-state index contributed by atoms with van der Waals surface area (Å²) in [4.78, 5) is 4.25. The Kier molecular flexibility index (Phi) is 4.75. The topological polar surface area (TPSA) is 24.9 Å². The number of nitrogens with zero attached hydrogens (tertiary/aromatic N) is 1.